The minimum atomic E-state index is -0.698. The predicted octanol–water partition coefficient (Wildman–Crippen LogP) is 4.20. The summed E-state index contributed by atoms with van der Waals surface area (Å²) >= 11 is 0. The fraction of sp³-hybridized carbons (Fsp3) is 0.286. The Morgan fingerprint density at radius 1 is 1.15 bits per heavy atom. The number of carbonyl (C=O) groups is 1. The lowest BCUT2D eigenvalue weighted by atomic mass is 9.71. The Labute approximate surface area is 156 Å². The number of benzene rings is 2. The summed E-state index contributed by atoms with van der Waals surface area (Å²) < 4.78 is 11.0. The van der Waals surface area contributed by atoms with Crippen LogP contribution in [0, 0.1) is 12.8 Å². The Bertz CT molecular complexity index is 926. The maximum atomic E-state index is 10.9. The molecule has 0 unspecified atom stereocenters. The first-order chi connectivity index (χ1) is 13.1. The van der Waals surface area contributed by atoms with Crippen molar-refractivity contribution in [2.24, 2.45) is 5.92 Å². The summed E-state index contributed by atoms with van der Waals surface area (Å²) in [4.78, 5) is 15.3. The minimum absolute atomic E-state index is 0.197. The smallest absolute Gasteiger partial charge is 0.306 e. The minimum Gasteiger partial charge on any atom is -0.484 e. The van der Waals surface area contributed by atoms with Crippen molar-refractivity contribution < 1.29 is 19.2 Å². The van der Waals surface area contributed by atoms with Gasteiger partial charge in [0.25, 0.3) is 5.89 Å². The maximum absolute atomic E-state index is 10.9. The van der Waals surface area contributed by atoms with Gasteiger partial charge in [-0.25, -0.2) is 0 Å². The summed E-state index contributed by atoms with van der Waals surface area (Å²) in [5.41, 5.74) is 3.23. The zero-order chi connectivity index (χ0) is 18.8. The van der Waals surface area contributed by atoms with Crippen molar-refractivity contribution in [3.63, 3.8) is 0 Å². The van der Waals surface area contributed by atoms with Crippen molar-refractivity contribution >= 4 is 5.97 Å². The van der Waals surface area contributed by atoms with E-state index in [9.17, 15) is 4.79 Å². The first-order valence-electron chi connectivity index (χ1n) is 8.93. The van der Waals surface area contributed by atoms with Crippen LogP contribution in [-0.4, -0.2) is 21.2 Å². The Kier molecular flexibility index (Phi) is 4.62. The van der Waals surface area contributed by atoms with Gasteiger partial charge in [-0.2, -0.15) is 4.98 Å². The van der Waals surface area contributed by atoms with E-state index >= 15 is 0 Å². The zero-order valence-electron chi connectivity index (χ0n) is 15.0. The number of hydrogen-bond donors (Lipinski definition) is 1. The van der Waals surface area contributed by atoms with Crippen molar-refractivity contribution in [1.29, 1.82) is 0 Å². The molecule has 0 bridgehead atoms. The summed E-state index contributed by atoms with van der Waals surface area (Å²) in [7, 11) is 0. The van der Waals surface area contributed by atoms with Gasteiger partial charge >= 0.3 is 5.97 Å². The third-order valence-corrected chi connectivity index (χ3v) is 4.98. The molecule has 138 valence electrons. The summed E-state index contributed by atoms with van der Waals surface area (Å²) in [6, 6.07) is 15.7. The van der Waals surface area contributed by atoms with E-state index in [1.54, 1.807) is 0 Å². The highest BCUT2D eigenvalue weighted by atomic mass is 16.5. The lowest BCUT2D eigenvalue weighted by Gasteiger charge is -2.32. The van der Waals surface area contributed by atoms with Crippen LogP contribution in [0.2, 0.25) is 0 Å². The van der Waals surface area contributed by atoms with Crippen molar-refractivity contribution in [1.82, 2.24) is 10.1 Å². The number of aryl methyl sites for hydroxylation is 1. The van der Waals surface area contributed by atoms with Crippen molar-refractivity contribution in [3.8, 4) is 17.1 Å². The van der Waals surface area contributed by atoms with Crippen LogP contribution in [0.1, 0.15) is 35.8 Å². The molecule has 0 amide bonds. The monoisotopic (exact) mass is 364 g/mol. The molecule has 2 aromatic carbocycles. The first kappa shape index (κ1) is 17.3. The molecule has 1 aromatic heterocycles. The standard InChI is InChI=1S/C21H20N2O4/c1-13-2-4-15(5-3-13)20-22-19(27-23-20)12-26-18-8-6-14(7-9-18)16-10-17(11-16)21(24)25/h2-9,16-17H,10-12H2,1H3,(H,24,25). The van der Waals surface area contributed by atoms with E-state index in [4.69, 9.17) is 14.4 Å². The summed E-state index contributed by atoms with van der Waals surface area (Å²) in [5, 5.41) is 13.0. The summed E-state index contributed by atoms with van der Waals surface area (Å²) in [6.45, 7) is 2.22. The molecule has 1 N–H and O–H groups in total. The van der Waals surface area contributed by atoms with Gasteiger partial charge in [0, 0.05) is 5.56 Å². The molecule has 6 heteroatoms. The van der Waals surface area contributed by atoms with E-state index in [1.807, 2.05) is 55.5 Å². The van der Waals surface area contributed by atoms with Gasteiger partial charge < -0.3 is 14.4 Å². The van der Waals surface area contributed by atoms with Crippen molar-refractivity contribution in [2.45, 2.75) is 32.3 Å². The van der Waals surface area contributed by atoms with Gasteiger partial charge in [-0.15, -0.1) is 0 Å². The quantitative estimate of drug-likeness (QED) is 0.705. The SMILES string of the molecule is Cc1ccc(-c2noc(COc3ccc(C4CC(C(=O)O)C4)cc3)n2)cc1. The second kappa shape index (κ2) is 7.23. The Morgan fingerprint density at radius 2 is 1.85 bits per heavy atom. The summed E-state index contributed by atoms with van der Waals surface area (Å²) in [5.74, 6) is 1.10. The highest BCUT2D eigenvalue weighted by molar-refractivity contribution is 5.71. The van der Waals surface area contributed by atoms with E-state index in [0.29, 0.717) is 36.2 Å². The molecule has 0 spiro atoms. The molecule has 1 fully saturated rings. The van der Waals surface area contributed by atoms with Crippen LogP contribution in [0.15, 0.2) is 53.1 Å². The van der Waals surface area contributed by atoms with Crippen molar-refractivity contribution in [3.05, 3.63) is 65.5 Å². The predicted molar refractivity (Wildman–Crippen MR) is 98.3 cm³/mol. The van der Waals surface area contributed by atoms with E-state index in [0.717, 1.165) is 11.1 Å². The topological polar surface area (TPSA) is 85.5 Å². The maximum Gasteiger partial charge on any atom is 0.306 e. The molecule has 1 saturated carbocycles. The van der Waals surface area contributed by atoms with E-state index in [1.165, 1.54) is 5.56 Å². The number of ether oxygens (including phenoxy) is 1. The Morgan fingerprint density at radius 3 is 2.52 bits per heavy atom. The van der Waals surface area contributed by atoms with Gasteiger partial charge in [0.15, 0.2) is 6.61 Å². The second-order valence-corrected chi connectivity index (χ2v) is 6.94. The van der Waals surface area contributed by atoms with Gasteiger partial charge in [-0.3, -0.25) is 4.79 Å². The average Bonchev–Trinajstić information content (AvgIpc) is 3.09. The molecule has 27 heavy (non-hydrogen) atoms. The van der Waals surface area contributed by atoms with Crippen LogP contribution in [0.25, 0.3) is 11.4 Å². The molecule has 0 radical (unpaired) electrons. The van der Waals surface area contributed by atoms with Crippen LogP contribution in [-0.2, 0) is 11.4 Å². The number of aliphatic carboxylic acids is 1. The van der Waals surface area contributed by atoms with E-state index in [2.05, 4.69) is 10.1 Å². The fourth-order valence-electron chi connectivity index (χ4n) is 3.21. The fourth-order valence-corrected chi connectivity index (χ4v) is 3.21. The first-order valence-corrected chi connectivity index (χ1v) is 8.93. The molecule has 0 aliphatic heterocycles. The molecule has 1 heterocycles. The molecule has 3 aromatic rings. The van der Waals surface area contributed by atoms with E-state index < -0.39 is 5.97 Å². The van der Waals surface area contributed by atoms with Crippen LogP contribution >= 0.6 is 0 Å². The number of carboxylic acid groups (broad SMARTS) is 1. The largest absolute Gasteiger partial charge is 0.484 e. The van der Waals surface area contributed by atoms with E-state index in [-0.39, 0.29) is 12.5 Å². The van der Waals surface area contributed by atoms with Crippen molar-refractivity contribution in [2.75, 3.05) is 0 Å². The van der Waals surface area contributed by atoms with Crippen LogP contribution in [0.5, 0.6) is 5.75 Å². The number of hydrogen-bond acceptors (Lipinski definition) is 5. The normalized spacial score (nSPS) is 18.7. The lowest BCUT2D eigenvalue weighted by Crippen LogP contribution is -2.28. The lowest BCUT2D eigenvalue weighted by molar-refractivity contribution is -0.145. The third kappa shape index (κ3) is 3.84. The van der Waals surface area contributed by atoms with Gasteiger partial charge in [0.2, 0.25) is 5.82 Å². The number of rotatable bonds is 6. The van der Waals surface area contributed by atoms with Gasteiger partial charge in [-0.05, 0) is 43.4 Å². The third-order valence-electron chi connectivity index (χ3n) is 4.98. The van der Waals surface area contributed by atoms with Gasteiger partial charge in [0.05, 0.1) is 5.92 Å². The molecule has 6 nitrogen and oxygen atoms in total. The number of carboxylic acids is 1. The molecule has 1 aliphatic rings. The van der Waals surface area contributed by atoms with Crippen LogP contribution in [0.3, 0.4) is 0 Å². The Hall–Kier alpha value is -3.15. The van der Waals surface area contributed by atoms with Crippen LogP contribution < -0.4 is 4.74 Å². The molecule has 4 rings (SSSR count). The van der Waals surface area contributed by atoms with Crippen LogP contribution in [0.4, 0.5) is 0 Å². The molecular formula is C21H20N2O4. The summed E-state index contributed by atoms with van der Waals surface area (Å²) in [6.07, 6.45) is 1.42. The second-order valence-electron chi connectivity index (χ2n) is 6.94. The number of nitrogens with zero attached hydrogens (tertiary/aromatic N) is 2. The van der Waals surface area contributed by atoms with Gasteiger partial charge in [0.1, 0.15) is 5.75 Å². The molecular weight excluding hydrogens is 344 g/mol. The molecule has 0 atom stereocenters. The Balaban J connectivity index is 1.33. The molecule has 1 aliphatic carbocycles. The highest BCUT2D eigenvalue weighted by Gasteiger charge is 2.35. The molecule has 0 saturated heterocycles. The zero-order valence-corrected chi connectivity index (χ0v) is 15.0. The highest BCUT2D eigenvalue weighted by Crippen LogP contribution is 2.41. The van der Waals surface area contributed by atoms with Gasteiger partial charge in [-0.1, -0.05) is 47.1 Å². The number of aromatic nitrogens is 2. The average molecular weight is 364 g/mol.